The zero-order chi connectivity index (χ0) is 15.5. The Labute approximate surface area is 127 Å². The van der Waals surface area contributed by atoms with Gasteiger partial charge in [0.15, 0.2) is 0 Å². The highest BCUT2D eigenvalue weighted by atomic mass is 32.2. The van der Waals surface area contributed by atoms with Crippen molar-refractivity contribution in [3.63, 3.8) is 0 Å². The van der Waals surface area contributed by atoms with Gasteiger partial charge in [-0.25, -0.2) is 9.97 Å². The van der Waals surface area contributed by atoms with E-state index in [-0.39, 0.29) is 5.92 Å². The smallest absolute Gasteiger partial charge is 0.242 e. The van der Waals surface area contributed by atoms with Crippen LogP contribution in [0.5, 0.6) is 0 Å². The van der Waals surface area contributed by atoms with Gasteiger partial charge in [0.05, 0.1) is 0 Å². The minimum Gasteiger partial charge on any atom is -0.242 e. The second kappa shape index (κ2) is 6.81. The van der Waals surface area contributed by atoms with Gasteiger partial charge < -0.3 is 0 Å². The Bertz CT molecular complexity index is 572. The van der Waals surface area contributed by atoms with Crippen molar-refractivity contribution in [3.05, 3.63) is 23.8 Å². The van der Waals surface area contributed by atoms with Crippen LogP contribution in [-0.2, 0) is 10.2 Å². The molecule has 1 aliphatic heterocycles. The molecule has 0 N–H and O–H groups in total. The third-order valence-corrected chi connectivity index (χ3v) is 6.11. The normalized spacial score (nSPS) is 20.9. The lowest BCUT2D eigenvalue weighted by Crippen LogP contribution is -2.47. The summed E-state index contributed by atoms with van der Waals surface area (Å²) in [6, 6.07) is 1.89. The van der Waals surface area contributed by atoms with E-state index in [1.807, 2.05) is 26.8 Å². The topological polar surface area (TPSA) is 66.4 Å². The van der Waals surface area contributed by atoms with E-state index in [2.05, 4.69) is 9.97 Å². The van der Waals surface area contributed by atoms with E-state index in [1.165, 1.54) is 4.31 Å². The maximum absolute atomic E-state index is 12.6. The van der Waals surface area contributed by atoms with Gasteiger partial charge in [0.25, 0.3) is 10.2 Å². The highest BCUT2D eigenvalue weighted by molar-refractivity contribution is 7.86. The largest absolute Gasteiger partial charge is 0.281 e. The molecule has 0 aromatic carbocycles. The van der Waals surface area contributed by atoms with E-state index in [4.69, 9.17) is 0 Å². The van der Waals surface area contributed by atoms with E-state index in [1.54, 1.807) is 10.5 Å². The van der Waals surface area contributed by atoms with Crippen LogP contribution in [0.15, 0.2) is 12.3 Å². The second-order valence-corrected chi connectivity index (χ2v) is 7.25. The number of hydrogen-bond acceptors (Lipinski definition) is 4. The summed E-state index contributed by atoms with van der Waals surface area (Å²) in [5.74, 6) is 0.891. The molecule has 1 unspecified atom stereocenters. The monoisotopic (exact) mass is 312 g/mol. The molecule has 7 heteroatoms. The van der Waals surface area contributed by atoms with E-state index in [0.29, 0.717) is 26.2 Å². The van der Waals surface area contributed by atoms with Crippen LogP contribution in [0.1, 0.15) is 44.1 Å². The Hall–Kier alpha value is -1.05. The highest BCUT2D eigenvalue weighted by Crippen LogP contribution is 2.27. The van der Waals surface area contributed by atoms with Crippen LogP contribution < -0.4 is 0 Å². The van der Waals surface area contributed by atoms with Gasteiger partial charge in [0.1, 0.15) is 5.82 Å². The van der Waals surface area contributed by atoms with Crippen molar-refractivity contribution in [3.8, 4) is 0 Å². The molecule has 1 aliphatic rings. The third-order valence-electron chi connectivity index (χ3n) is 3.96. The number of nitrogens with zero attached hydrogens (tertiary/aromatic N) is 4. The van der Waals surface area contributed by atoms with Crippen molar-refractivity contribution in [1.29, 1.82) is 0 Å². The molecule has 0 saturated carbocycles. The molecule has 1 aromatic heterocycles. The van der Waals surface area contributed by atoms with Gasteiger partial charge in [-0.3, -0.25) is 0 Å². The van der Waals surface area contributed by atoms with Gasteiger partial charge in [-0.05, 0) is 25.8 Å². The molecule has 118 valence electrons. The Morgan fingerprint density at radius 2 is 2.10 bits per heavy atom. The highest BCUT2D eigenvalue weighted by Gasteiger charge is 2.33. The van der Waals surface area contributed by atoms with Gasteiger partial charge in [0.2, 0.25) is 0 Å². The molecular weight excluding hydrogens is 288 g/mol. The number of aryl methyl sites for hydroxylation is 1. The van der Waals surface area contributed by atoms with Crippen molar-refractivity contribution in [1.82, 2.24) is 18.6 Å². The molecule has 2 rings (SSSR count). The maximum atomic E-state index is 12.6. The zero-order valence-electron chi connectivity index (χ0n) is 13.0. The van der Waals surface area contributed by atoms with Crippen molar-refractivity contribution in [2.75, 3.05) is 26.2 Å². The Balaban J connectivity index is 2.18. The predicted molar refractivity (Wildman–Crippen MR) is 82.2 cm³/mol. The molecule has 1 fully saturated rings. The predicted octanol–water partition coefficient (Wildman–Crippen LogP) is 1.55. The molecule has 1 saturated heterocycles. The first kappa shape index (κ1) is 16.3. The minimum atomic E-state index is -3.35. The van der Waals surface area contributed by atoms with Crippen LogP contribution in [0.4, 0.5) is 0 Å². The molecule has 0 spiro atoms. The molecule has 0 aliphatic carbocycles. The fraction of sp³-hybridized carbons (Fsp3) is 0.714. The maximum Gasteiger partial charge on any atom is 0.281 e. The molecule has 0 radical (unpaired) electrons. The summed E-state index contributed by atoms with van der Waals surface area (Å²) in [6.45, 7) is 7.72. The van der Waals surface area contributed by atoms with E-state index in [0.717, 1.165) is 24.4 Å². The summed E-state index contributed by atoms with van der Waals surface area (Å²) in [4.78, 5) is 8.56. The molecule has 0 bridgehead atoms. The van der Waals surface area contributed by atoms with Crippen LogP contribution in [-0.4, -0.2) is 53.2 Å². The second-order valence-electron chi connectivity index (χ2n) is 5.32. The standard InChI is InChI=1S/C14H24N4O2S/c1-4-17(5-2)21(19,20)18-10-6-7-13(11-18)14-8-9-15-12(3)16-14/h8-9,13H,4-7,10-11H2,1-3H3. The van der Waals surface area contributed by atoms with Crippen LogP contribution in [0.3, 0.4) is 0 Å². The molecule has 1 atom stereocenters. The van der Waals surface area contributed by atoms with Gasteiger partial charge in [0, 0.05) is 44.0 Å². The van der Waals surface area contributed by atoms with Crippen LogP contribution in [0.2, 0.25) is 0 Å². The number of rotatable bonds is 5. The van der Waals surface area contributed by atoms with Crippen molar-refractivity contribution < 1.29 is 8.42 Å². The minimum absolute atomic E-state index is 0.158. The molecule has 6 nitrogen and oxygen atoms in total. The van der Waals surface area contributed by atoms with E-state index < -0.39 is 10.2 Å². The van der Waals surface area contributed by atoms with Crippen molar-refractivity contribution in [2.24, 2.45) is 0 Å². The lowest BCUT2D eigenvalue weighted by molar-refractivity contribution is 0.285. The fourth-order valence-electron chi connectivity index (χ4n) is 2.81. The van der Waals surface area contributed by atoms with Crippen LogP contribution in [0, 0.1) is 6.92 Å². The summed E-state index contributed by atoms with van der Waals surface area (Å²) in [5.41, 5.74) is 0.946. The zero-order valence-corrected chi connectivity index (χ0v) is 13.8. The summed E-state index contributed by atoms with van der Waals surface area (Å²) in [7, 11) is -3.35. The summed E-state index contributed by atoms with van der Waals surface area (Å²) in [5, 5.41) is 0. The summed E-state index contributed by atoms with van der Waals surface area (Å²) in [6.07, 6.45) is 3.59. The summed E-state index contributed by atoms with van der Waals surface area (Å²) < 4.78 is 28.3. The Kier molecular flexibility index (Phi) is 5.29. The van der Waals surface area contributed by atoms with Crippen LogP contribution in [0.25, 0.3) is 0 Å². The summed E-state index contributed by atoms with van der Waals surface area (Å²) >= 11 is 0. The number of hydrogen-bond donors (Lipinski definition) is 0. The first-order chi connectivity index (χ1) is 9.98. The Morgan fingerprint density at radius 3 is 2.71 bits per heavy atom. The SMILES string of the molecule is CCN(CC)S(=O)(=O)N1CCCC(c2ccnc(C)n2)C1. The Morgan fingerprint density at radius 1 is 1.38 bits per heavy atom. The molecule has 2 heterocycles. The van der Waals surface area contributed by atoms with Gasteiger partial charge in [-0.2, -0.15) is 17.0 Å². The third kappa shape index (κ3) is 3.59. The van der Waals surface area contributed by atoms with Crippen LogP contribution >= 0.6 is 0 Å². The first-order valence-electron chi connectivity index (χ1n) is 7.53. The average Bonchev–Trinajstić information content (AvgIpc) is 2.48. The number of piperidine rings is 1. The van der Waals surface area contributed by atoms with Crippen molar-refractivity contribution >= 4 is 10.2 Å². The van der Waals surface area contributed by atoms with Gasteiger partial charge >= 0.3 is 0 Å². The van der Waals surface area contributed by atoms with E-state index in [9.17, 15) is 8.42 Å². The molecular formula is C14H24N4O2S. The van der Waals surface area contributed by atoms with Gasteiger partial charge in [-0.15, -0.1) is 0 Å². The van der Waals surface area contributed by atoms with E-state index >= 15 is 0 Å². The first-order valence-corrected chi connectivity index (χ1v) is 8.93. The molecule has 21 heavy (non-hydrogen) atoms. The van der Waals surface area contributed by atoms with Gasteiger partial charge in [-0.1, -0.05) is 13.8 Å². The van der Waals surface area contributed by atoms with Crippen molar-refractivity contribution in [2.45, 2.75) is 39.5 Å². The quantitative estimate of drug-likeness (QED) is 0.827. The average molecular weight is 312 g/mol. The molecule has 1 aromatic rings. The fourth-order valence-corrected chi connectivity index (χ4v) is 4.52. The molecule has 0 amide bonds. The lowest BCUT2D eigenvalue weighted by Gasteiger charge is -2.34. The number of aromatic nitrogens is 2. The lowest BCUT2D eigenvalue weighted by atomic mass is 9.96.